The predicted octanol–water partition coefficient (Wildman–Crippen LogP) is 3.05. The third kappa shape index (κ3) is 3.06. The van der Waals surface area contributed by atoms with E-state index in [4.69, 9.17) is 5.11 Å². The summed E-state index contributed by atoms with van der Waals surface area (Å²) in [5.74, 6) is -1.64. The number of carboxylic acid groups (broad SMARTS) is 1. The number of aryl methyl sites for hydroxylation is 3. The van der Waals surface area contributed by atoms with Gasteiger partial charge >= 0.3 is 5.97 Å². The molecule has 2 aromatic rings. The molecule has 2 N–H and O–H groups in total. The van der Waals surface area contributed by atoms with Crippen LogP contribution in [0.3, 0.4) is 0 Å². The zero-order valence-electron chi connectivity index (χ0n) is 14.9. The van der Waals surface area contributed by atoms with Crippen molar-refractivity contribution in [3.05, 3.63) is 58.7 Å². The van der Waals surface area contributed by atoms with E-state index in [1.54, 1.807) is 6.07 Å². The fourth-order valence-corrected chi connectivity index (χ4v) is 3.24. The predicted molar refractivity (Wildman–Crippen MR) is 98.6 cm³/mol. The standard InChI is InChI=1S/C20H20N2O4/c1-11-7-8-14(20(25)26)9-15(11)21-16-10-17(23)22(19(16)24)18-12(2)5-4-6-13(18)3/h4-9,16,21H,10H2,1-3H3,(H,25,26)/t16-/m1/s1. The molecule has 0 aromatic heterocycles. The van der Waals surface area contributed by atoms with Gasteiger partial charge < -0.3 is 10.4 Å². The normalized spacial score (nSPS) is 16.9. The Hall–Kier alpha value is -3.15. The number of nitrogens with zero attached hydrogens (tertiary/aromatic N) is 1. The number of amides is 2. The molecule has 0 radical (unpaired) electrons. The summed E-state index contributed by atoms with van der Waals surface area (Å²) >= 11 is 0. The van der Waals surface area contributed by atoms with Crippen LogP contribution in [-0.2, 0) is 9.59 Å². The van der Waals surface area contributed by atoms with Crippen LogP contribution in [0.2, 0.25) is 0 Å². The molecule has 0 aliphatic carbocycles. The Morgan fingerprint density at radius 3 is 2.35 bits per heavy atom. The van der Waals surface area contributed by atoms with Crippen LogP contribution in [0.5, 0.6) is 0 Å². The molecule has 0 saturated carbocycles. The highest BCUT2D eigenvalue weighted by atomic mass is 16.4. The summed E-state index contributed by atoms with van der Waals surface area (Å²) in [6, 6.07) is 9.56. The summed E-state index contributed by atoms with van der Waals surface area (Å²) < 4.78 is 0. The minimum atomic E-state index is -1.04. The molecule has 2 amide bonds. The van der Waals surface area contributed by atoms with Crippen LogP contribution in [-0.4, -0.2) is 28.9 Å². The van der Waals surface area contributed by atoms with Crippen LogP contribution < -0.4 is 10.2 Å². The van der Waals surface area contributed by atoms with Crippen molar-refractivity contribution in [2.75, 3.05) is 10.2 Å². The maximum absolute atomic E-state index is 12.9. The van der Waals surface area contributed by atoms with Crippen molar-refractivity contribution in [3.8, 4) is 0 Å². The molecule has 1 aliphatic rings. The third-order valence-electron chi connectivity index (χ3n) is 4.62. The lowest BCUT2D eigenvalue weighted by Gasteiger charge is -2.20. The van der Waals surface area contributed by atoms with Crippen LogP contribution in [0.15, 0.2) is 36.4 Å². The van der Waals surface area contributed by atoms with E-state index in [-0.39, 0.29) is 23.8 Å². The molecular formula is C20H20N2O4. The number of aromatic carboxylic acids is 1. The third-order valence-corrected chi connectivity index (χ3v) is 4.62. The second kappa shape index (κ2) is 6.63. The average molecular weight is 352 g/mol. The molecule has 1 atom stereocenters. The van der Waals surface area contributed by atoms with Crippen molar-refractivity contribution in [3.63, 3.8) is 0 Å². The Balaban J connectivity index is 1.91. The molecule has 1 aliphatic heterocycles. The molecule has 3 rings (SSSR count). The molecule has 6 nitrogen and oxygen atoms in total. The first kappa shape index (κ1) is 17.7. The van der Waals surface area contributed by atoms with Gasteiger partial charge in [0.1, 0.15) is 6.04 Å². The summed E-state index contributed by atoms with van der Waals surface area (Å²) in [7, 11) is 0. The molecule has 0 unspecified atom stereocenters. The molecule has 1 saturated heterocycles. The number of rotatable bonds is 4. The van der Waals surface area contributed by atoms with Crippen molar-refractivity contribution in [2.45, 2.75) is 33.2 Å². The number of para-hydroxylation sites is 1. The zero-order valence-corrected chi connectivity index (χ0v) is 14.9. The SMILES string of the molecule is Cc1ccc(C(=O)O)cc1N[C@@H]1CC(=O)N(c2c(C)cccc2C)C1=O. The van der Waals surface area contributed by atoms with Crippen LogP contribution in [0.25, 0.3) is 0 Å². The van der Waals surface area contributed by atoms with Gasteiger partial charge in [0.2, 0.25) is 5.91 Å². The lowest BCUT2D eigenvalue weighted by Crippen LogP contribution is -2.35. The Morgan fingerprint density at radius 2 is 1.73 bits per heavy atom. The van der Waals surface area contributed by atoms with Crippen molar-refractivity contribution >= 4 is 29.2 Å². The van der Waals surface area contributed by atoms with Crippen molar-refractivity contribution in [1.82, 2.24) is 0 Å². The van der Waals surface area contributed by atoms with Crippen LogP contribution in [0.4, 0.5) is 11.4 Å². The number of carbonyl (C=O) groups excluding carboxylic acids is 2. The van der Waals surface area contributed by atoms with Gasteiger partial charge in [-0.1, -0.05) is 24.3 Å². The van der Waals surface area contributed by atoms with E-state index in [1.807, 2.05) is 39.0 Å². The molecule has 1 heterocycles. The minimum Gasteiger partial charge on any atom is -0.478 e. The van der Waals surface area contributed by atoms with E-state index >= 15 is 0 Å². The Bertz CT molecular complexity index is 900. The van der Waals surface area contributed by atoms with Gasteiger partial charge in [-0.2, -0.15) is 0 Å². The summed E-state index contributed by atoms with van der Waals surface area (Å²) in [5, 5.41) is 12.2. The number of carboxylic acids is 1. The second-order valence-electron chi connectivity index (χ2n) is 6.54. The van der Waals surface area contributed by atoms with Gasteiger partial charge in [-0.15, -0.1) is 0 Å². The van der Waals surface area contributed by atoms with Crippen molar-refractivity contribution < 1.29 is 19.5 Å². The maximum Gasteiger partial charge on any atom is 0.335 e. The first-order valence-corrected chi connectivity index (χ1v) is 8.33. The van der Waals surface area contributed by atoms with Crippen LogP contribution in [0, 0.1) is 20.8 Å². The van der Waals surface area contributed by atoms with Gasteiger partial charge in [0.15, 0.2) is 0 Å². The van der Waals surface area contributed by atoms with Crippen molar-refractivity contribution in [2.24, 2.45) is 0 Å². The van der Waals surface area contributed by atoms with Crippen LogP contribution >= 0.6 is 0 Å². The molecule has 2 aromatic carbocycles. The first-order chi connectivity index (χ1) is 12.3. The topological polar surface area (TPSA) is 86.7 Å². The molecule has 0 spiro atoms. The summed E-state index contributed by atoms with van der Waals surface area (Å²) in [4.78, 5) is 37.8. The highest BCUT2D eigenvalue weighted by molar-refractivity contribution is 6.23. The van der Waals surface area contributed by atoms with E-state index in [1.165, 1.54) is 17.0 Å². The number of nitrogens with one attached hydrogen (secondary N) is 1. The van der Waals surface area contributed by atoms with Gasteiger partial charge in [-0.05, 0) is 49.6 Å². The van der Waals surface area contributed by atoms with Gasteiger partial charge in [-0.25, -0.2) is 9.69 Å². The molecule has 134 valence electrons. The number of anilines is 2. The second-order valence-corrected chi connectivity index (χ2v) is 6.54. The van der Waals surface area contributed by atoms with E-state index < -0.39 is 12.0 Å². The van der Waals surface area contributed by atoms with Crippen molar-refractivity contribution in [1.29, 1.82) is 0 Å². The van der Waals surface area contributed by atoms with E-state index in [9.17, 15) is 14.4 Å². The van der Waals surface area contributed by atoms with E-state index in [2.05, 4.69) is 5.32 Å². The molecule has 6 heteroatoms. The van der Waals surface area contributed by atoms with Gasteiger partial charge in [0.25, 0.3) is 5.91 Å². The fraction of sp³-hybridized carbons (Fsp3) is 0.250. The minimum absolute atomic E-state index is 0.0311. The molecule has 0 bridgehead atoms. The lowest BCUT2D eigenvalue weighted by atomic mass is 10.1. The summed E-state index contributed by atoms with van der Waals surface area (Å²) in [6.07, 6.45) is 0.0311. The van der Waals surface area contributed by atoms with Gasteiger partial charge in [-0.3, -0.25) is 9.59 Å². The fourth-order valence-electron chi connectivity index (χ4n) is 3.24. The average Bonchev–Trinajstić information content (AvgIpc) is 2.84. The zero-order chi connectivity index (χ0) is 19.0. The van der Waals surface area contributed by atoms with E-state index in [0.717, 1.165) is 16.7 Å². The number of carbonyl (C=O) groups is 3. The number of benzene rings is 2. The highest BCUT2D eigenvalue weighted by Crippen LogP contribution is 2.31. The molecular weight excluding hydrogens is 332 g/mol. The number of hydrogen-bond acceptors (Lipinski definition) is 4. The van der Waals surface area contributed by atoms with E-state index in [0.29, 0.717) is 11.4 Å². The van der Waals surface area contributed by atoms with Gasteiger partial charge in [0.05, 0.1) is 17.7 Å². The quantitative estimate of drug-likeness (QED) is 0.826. The Kier molecular flexibility index (Phi) is 4.50. The highest BCUT2D eigenvalue weighted by Gasteiger charge is 2.40. The maximum atomic E-state index is 12.9. The van der Waals surface area contributed by atoms with Crippen LogP contribution in [0.1, 0.15) is 33.5 Å². The number of hydrogen-bond donors (Lipinski definition) is 2. The Labute approximate surface area is 151 Å². The molecule has 26 heavy (non-hydrogen) atoms. The summed E-state index contributed by atoms with van der Waals surface area (Å²) in [5.41, 5.74) is 3.82. The lowest BCUT2D eigenvalue weighted by molar-refractivity contribution is -0.121. The monoisotopic (exact) mass is 352 g/mol. The first-order valence-electron chi connectivity index (χ1n) is 8.33. The Morgan fingerprint density at radius 1 is 1.08 bits per heavy atom. The largest absolute Gasteiger partial charge is 0.478 e. The number of imide groups is 1. The smallest absolute Gasteiger partial charge is 0.335 e. The summed E-state index contributed by atoms with van der Waals surface area (Å²) in [6.45, 7) is 5.55. The van der Waals surface area contributed by atoms with Gasteiger partial charge in [0, 0.05) is 5.69 Å². The molecule has 1 fully saturated rings.